The zero-order valence-electron chi connectivity index (χ0n) is 7.90. The first-order valence-corrected chi connectivity index (χ1v) is 4.59. The molecule has 0 bridgehead atoms. The zero-order valence-corrected chi connectivity index (χ0v) is 7.90. The fraction of sp³-hybridized carbons (Fsp3) is 0.778. The van der Waals surface area contributed by atoms with Crippen LogP contribution in [0, 0.1) is 18.9 Å². The number of carbonyl (C=O) groups excluding carboxylic acids is 1. The third-order valence-electron chi connectivity index (χ3n) is 2.99. The van der Waals surface area contributed by atoms with Gasteiger partial charge in [-0.3, -0.25) is 7.05 Å². The van der Waals surface area contributed by atoms with Crippen LogP contribution in [0.5, 0.6) is 0 Å². The highest BCUT2D eigenvalue weighted by atomic mass is 16.5. The standard InChI is InChI=1S/C9H15N2O2/c1-10-3-7-5-11(9(12)13-2)6-8(7)4-10/h7-8H,1,3-6H2,2H3/q-1/t7-,8+. The number of carbonyl (C=O) groups is 1. The summed E-state index contributed by atoms with van der Waals surface area (Å²) in [7, 11) is 5.34. The Bertz CT molecular complexity index is 206. The molecule has 4 nitrogen and oxygen atoms in total. The second-order valence-electron chi connectivity index (χ2n) is 3.93. The number of nitrogens with zero attached hydrogens (tertiary/aromatic N) is 2. The van der Waals surface area contributed by atoms with E-state index in [4.69, 9.17) is 0 Å². The van der Waals surface area contributed by atoms with E-state index in [1.165, 1.54) is 7.11 Å². The Morgan fingerprint density at radius 1 is 1.31 bits per heavy atom. The summed E-state index contributed by atoms with van der Waals surface area (Å²) in [6.07, 6.45) is -0.190. The van der Waals surface area contributed by atoms with Crippen molar-refractivity contribution in [3.05, 3.63) is 7.05 Å². The fourth-order valence-electron chi connectivity index (χ4n) is 2.37. The summed E-state index contributed by atoms with van der Waals surface area (Å²) in [6, 6.07) is 0. The lowest BCUT2D eigenvalue weighted by atomic mass is 10.0. The molecule has 2 heterocycles. The average molecular weight is 183 g/mol. The van der Waals surface area contributed by atoms with Gasteiger partial charge >= 0.3 is 6.09 Å². The molecular formula is C9H15N2O2-. The molecule has 4 heteroatoms. The van der Waals surface area contributed by atoms with Crippen LogP contribution in [-0.4, -0.2) is 49.2 Å². The zero-order chi connectivity index (χ0) is 9.42. The molecule has 2 aliphatic rings. The van der Waals surface area contributed by atoms with E-state index in [0.717, 1.165) is 26.2 Å². The molecule has 2 atom stereocenters. The molecule has 0 aromatic rings. The maximum absolute atomic E-state index is 11.2. The predicted molar refractivity (Wildman–Crippen MR) is 47.9 cm³/mol. The van der Waals surface area contributed by atoms with E-state index in [1.54, 1.807) is 4.90 Å². The van der Waals surface area contributed by atoms with Crippen LogP contribution in [0.3, 0.4) is 0 Å². The second-order valence-corrected chi connectivity index (χ2v) is 3.93. The third-order valence-corrected chi connectivity index (χ3v) is 2.99. The number of likely N-dealkylation sites (tertiary alicyclic amines) is 2. The van der Waals surface area contributed by atoms with Gasteiger partial charge in [0.15, 0.2) is 0 Å². The van der Waals surface area contributed by atoms with Crippen LogP contribution in [0.15, 0.2) is 0 Å². The van der Waals surface area contributed by atoms with Crippen LogP contribution in [-0.2, 0) is 4.74 Å². The monoisotopic (exact) mass is 183 g/mol. The van der Waals surface area contributed by atoms with Gasteiger partial charge in [-0.1, -0.05) is 0 Å². The van der Waals surface area contributed by atoms with Crippen LogP contribution < -0.4 is 0 Å². The number of ether oxygens (including phenoxy) is 1. The van der Waals surface area contributed by atoms with Gasteiger partial charge in [0, 0.05) is 13.1 Å². The number of hydrogen-bond acceptors (Lipinski definition) is 3. The van der Waals surface area contributed by atoms with Gasteiger partial charge in [-0.15, -0.1) is 0 Å². The van der Waals surface area contributed by atoms with Gasteiger partial charge < -0.3 is 14.5 Å². The highest BCUT2D eigenvalue weighted by Crippen LogP contribution is 2.30. The van der Waals surface area contributed by atoms with Crippen molar-refractivity contribution in [2.24, 2.45) is 11.8 Å². The first-order chi connectivity index (χ1) is 6.20. The Balaban J connectivity index is 1.93. The minimum Gasteiger partial charge on any atom is -0.459 e. The molecule has 2 fully saturated rings. The second kappa shape index (κ2) is 3.18. The SMILES string of the molecule is [CH2-]N1C[C@@H]2CN(C(=O)OC)C[C@@H]2C1. The maximum atomic E-state index is 11.2. The fourth-order valence-corrected chi connectivity index (χ4v) is 2.37. The average Bonchev–Trinajstić information content (AvgIpc) is 2.59. The summed E-state index contributed by atoms with van der Waals surface area (Å²) >= 11 is 0. The topological polar surface area (TPSA) is 32.8 Å². The number of methoxy groups -OCH3 is 1. The highest BCUT2D eigenvalue weighted by Gasteiger charge is 2.38. The molecule has 0 spiro atoms. The van der Waals surface area contributed by atoms with E-state index in [2.05, 4.69) is 16.7 Å². The largest absolute Gasteiger partial charge is 0.459 e. The van der Waals surface area contributed by atoms with Crippen molar-refractivity contribution in [1.29, 1.82) is 0 Å². The summed E-state index contributed by atoms with van der Waals surface area (Å²) in [4.78, 5) is 15.1. The number of rotatable bonds is 0. The van der Waals surface area contributed by atoms with Crippen LogP contribution >= 0.6 is 0 Å². The van der Waals surface area contributed by atoms with Gasteiger partial charge in [0.05, 0.1) is 7.11 Å². The molecule has 0 N–H and O–H groups in total. The van der Waals surface area contributed by atoms with Crippen molar-refractivity contribution in [1.82, 2.24) is 9.80 Å². The van der Waals surface area contributed by atoms with Crippen molar-refractivity contribution >= 4 is 6.09 Å². The summed E-state index contributed by atoms with van der Waals surface area (Å²) in [5.74, 6) is 1.22. The molecule has 1 amide bonds. The first kappa shape index (κ1) is 8.81. The number of amides is 1. The Morgan fingerprint density at radius 2 is 1.85 bits per heavy atom. The summed E-state index contributed by atoms with van der Waals surface area (Å²) in [5, 5.41) is 0. The lowest BCUT2D eigenvalue weighted by molar-refractivity contribution is 0.128. The molecule has 0 saturated carbocycles. The Morgan fingerprint density at radius 3 is 2.31 bits per heavy atom. The summed E-state index contributed by atoms with van der Waals surface area (Å²) < 4.78 is 4.68. The van der Waals surface area contributed by atoms with E-state index in [9.17, 15) is 4.79 Å². The van der Waals surface area contributed by atoms with Crippen molar-refractivity contribution in [3.63, 3.8) is 0 Å². The van der Waals surface area contributed by atoms with Gasteiger partial charge in [0.25, 0.3) is 0 Å². The van der Waals surface area contributed by atoms with Gasteiger partial charge in [-0.25, -0.2) is 4.79 Å². The van der Waals surface area contributed by atoms with E-state index >= 15 is 0 Å². The predicted octanol–water partition coefficient (Wildman–Crippen LogP) is 0.408. The minimum atomic E-state index is -0.190. The lowest BCUT2D eigenvalue weighted by Crippen LogP contribution is -2.31. The summed E-state index contributed by atoms with van der Waals surface area (Å²) in [5.41, 5.74) is 0. The molecule has 0 aromatic carbocycles. The van der Waals surface area contributed by atoms with Gasteiger partial charge in [0.2, 0.25) is 0 Å². The van der Waals surface area contributed by atoms with Gasteiger partial charge in [-0.2, -0.15) is 0 Å². The lowest BCUT2D eigenvalue weighted by Gasteiger charge is -2.21. The smallest absolute Gasteiger partial charge is 0.409 e. The first-order valence-electron chi connectivity index (χ1n) is 4.59. The number of fused-ring (bicyclic) bond motifs is 1. The molecule has 2 aliphatic heterocycles. The highest BCUT2D eigenvalue weighted by molar-refractivity contribution is 5.67. The molecule has 0 aromatic heterocycles. The van der Waals surface area contributed by atoms with Crippen molar-refractivity contribution in [3.8, 4) is 0 Å². The Hall–Kier alpha value is -0.770. The Kier molecular flexibility index (Phi) is 2.15. The summed E-state index contributed by atoms with van der Waals surface area (Å²) in [6.45, 7) is 3.70. The van der Waals surface area contributed by atoms with Gasteiger partial charge in [0.1, 0.15) is 0 Å². The normalized spacial score (nSPS) is 33.5. The quantitative estimate of drug-likeness (QED) is 0.510. The third kappa shape index (κ3) is 1.50. The molecule has 0 radical (unpaired) electrons. The molecule has 2 saturated heterocycles. The molecule has 0 unspecified atom stereocenters. The van der Waals surface area contributed by atoms with Crippen molar-refractivity contribution < 1.29 is 9.53 Å². The van der Waals surface area contributed by atoms with E-state index in [1.807, 2.05) is 0 Å². The molecule has 13 heavy (non-hydrogen) atoms. The van der Waals surface area contributed by atoms with Crippen LogP contribution in [0.1, 0.15) is 0 Å². The molecular weight excluding hydrogens is 168 g/mol. The molecule has 2 rings (SSSR count). The van der Waals surface area contributed by atoms with E-state index in [0.29, 0.717) is 11.8 Å². The van der Waals surface area contributed by atoms with E-state index in [-0.39, 0.29) is 6.09 Å². The Labute approximate surface area is 78.4 Å². The minimum absolute atomic E-state index is 0.190. The van der Waals surface area contributed by atoms with E-state index < -0.39 is 0 Å². The molecule has 74 valence electrons. The van der Waals surface area contributed by atoms with Crippen molar-refractivity contribution in [2.75, 3.05) is 33.3 Å². The van der Waals surface area contributed by atoms with Crippen LogP contribution in [0.4, 0.5) is 4.79 Å². The van der Waals surface area contributed by atoms with Gasteiger partial charge in [-0.05, 0) is 24.9 Å². The molecule has 0 aliphatic carbocycles. The number of hydrogen-bond donors (Lipinski definition) is 0. The van der Waals surface area contributed by atoms with Crippen LogP contribution in [0.25, 0.3) is 0 Å². The van der Waals surface area contributed by atoms with Crippen molar-refractivity contribution in [2.45, 2.75) is 0 Å². The maximum Gasteiger partial charge on any atom is 0.409 e. The van der Waals surface area contributed by atoms with Crippen LogP contribution in [0.2, 0.25) is 0 Å².